The Labute approximate surface area is 76.3 Å². The van der Waals surface area contributed by atoms with E-state index in [4.69, 9.17) is 0 Å². The molecule has 1 atom stereocenters. The predicted molar refractivity (Wildman–Crippen MR) is 53.7 cm³/mol. The van der Waals surface area contributed by atoms with Crippen molar-refractivity contribution in [3.8, 4) is 0 Å². The van der Waals surface area contributed by atoms with Gasteiger partial charge in [-0.1, -0.05) is 37.3 Å². The highest BCUT2D eigenvalue weighted by atomic mass is 32.2. The van der Waals surface area contributed by atoms with Crippen molar-refractivity contribution in [3.05, 3.63) is 35.9 Å². The van der Waals surface area contributed by atoms with Gasteiger partial charge in [0.15, 0.2) is 0 Å². The maximum absolute atomic E-state index is 11.1. The number of hydrogen-bond donors (Lipinski definition) is 0. The van der Waals surface area contributed by atoms with E-state index in [0.29, 0.717) is 0 Å². The van der Waals surface area contributed by atoms with E-state index in [1.807, 2.05) is 25.1 Å². The molecule has 0 aliphatic heterocycles. The van der Waals surface area contributed by atoms with Gasteiger partial charge < -0.3 is 0 Å². The van der Waals surface area contributed by atoms with Crippen molar-refractivity contribution in [3.63, 3.8) is 0 Å². The fourth-order valence-electron chi connectivity index (χ4n) is 1.02. The van der Waals surface area contributed by atoms with E-state index in [2.05, 4.69) is 12.1 Å². The van der Waals surface area contributed by atoms with Crippen molar-refractivity contribution in [2.45, 2.75) is 13.3 Å². The number of aryl methyl sites for hydroxylation is 1. The molecule has 0 spiro atoms. The quantitative estimate of drug-likeness (QED) is 0.696. The Morgan fingerprint density at radius 2 is 1.92 bits per heavy atom. The van der Waals surface area contributed by atoms with Gasteiger partial charge in [-0.05, 0) is 12.0 Å². The summed E-state index contributed by atoms with van der Waals surface area (Å²) in [4.78, 5) is 0. The highest BCUT2D eigenvalue weighted by molar-refractivity contribution is 7.84. The zero-order chi connectivity index (χ0) is 8.81. The van der Waals surface area contributed by atoms with Crippen LogP contribution in [0.1, 0.15) is 12.5 Å². The van der Waals surface area contributed by atoms with E-state index in [1.165, 1.54) is 5.56 Å². The molecule has 0 amide bonds. The molecular formula is C10H14OS. The van der Waals surface area contributed by atoms with Crippen molar-refractivity contribution in [2.75, 3.05) is 11.5 Å². The molecule has 2 heteroatoms. The summed E-state index contributed by atoms with van der Waals surface area (Å²) in [6, 6.07) is 10.2. The molecule has 0 radical (unpaired) electrons. The minimum absolute atomic E-state index is 0.627. The van der Waals surface area contributed by atoms with Crippen LogP contribution in [0, 0.1) is 0 Å². The van der Waals surface area contributed by atoms with E-state index in [0.717, 1.165) is 17.9 Å². The highest BCUT2D eigenvalue weighted by Gasteiger charge is 1.96. The maximum atomic E-state index is 11.1. The second-order valence-corrected chi connectivity index (χ2v) is 4.53. The van der Waals surface area contributed by atoms with Gasteiger partial charge in [0.1, 0.15) is 0 Å². The maximum Gasteiger partial charge on any atom is 0.0275 e. The standard InChI is InChI=1S/C10H14OS/c1-2-12(11)9-8-10-6-4-3-5-7-10/h3-7H,2,8-9H2,1H3. The summed E-state index contributed by atoms with van der Waals surface area (Å²) in [6.07, 6.45) is 0.932. The number of benzene rings is 1. The van der Waals surface area contributed by atoms with Gasteiger partial charge in [-0.15, -0.1) is 0 Å². The Morgan fingerprint density at radius 1 is 1.25 bits per heavy atom. The molecule has 0 saturated carbocycles. The molecule has 1 rings (SSSR count). The third-order valence-corrected chi connectivity index (χ3v) is 3.09. The van der Waals surface area contributed by atoms with E-state index in [1.54, 1.807) is 0 Å². The van der Waals surface area contributed by atoms with Crippen molar-refractivity contribution < 1.29 is 4.21 Å². The molecule has 0 bridgehead atoms. The lowest BCUT2D eigenvalue weighted by Gasteiger charge is -1.98. The molecule has 0 aliphatic carbocycles. The second kappa shape index (κ2) is 5.09. The molecular weight excluding hydrogens is 168 g/mol. The molecule has 1 nitrogen and oxygen atoms in total. The average Bonchev–Trinajstić information content (AvgIpc) is 2.16. The van der Waals surface area contributed by atoms with Crippen molar-refractivity contribution in [1.82, 2.24) is 0 Å². The summed E-state index contributed by atoms with van der Waals surface area (Å²) >= 11 is 0. The van der Waals surface area contributed by atoms with Crippen LogP contribution >= 0.6 is 0 Å². The van der Waals surface area contributed by atoms with Crippen LogP contribution in [0.4, 0.5) is 0 Å². The molecule has 0 aliphatic rings. The largest absolute Gasteiger partial charge is 0.260 e. The lowest BCUT2D eigenvalue weighted by molar-refractivity contribution is 0.683. The van der Waals surface area contributed by atoms with Crippen LogP contribution in [0.25, 0.3) is 0 Å². The molecule has 0 heterocycles. The van der Waals surface area contributed by atoms with Crippen LogP contribution in [0.15, 0.2) is 30.3 Å². The van der Waals surface area contributed by atoms with Crippen LogP contribution in [0.5, 0.6) is 0 Å². The lowest BCUT2D eigenvalue weighted by Crippen LogP contribution is -2.02. The molecule has 66 valence electrons. The van der Waals surface area contributed by atoms with Crippen molar-refractivity contribution in [1.29, 1.82) is 0 Å². The smallest absolute Gasteiger partial charge is 0.0275 e. The van der Waals surface area contributed by atoms with Crippen LogP contribution in [-0.2, 0) is 17.2 Å². The molecule has 1 aromatic rings. The van der Waals surface area contributed by atoms with Crippen LogP contribution < -0.4 is 0 Å². The van der Waals surface area contributed by atoms with E-state index < -0.39 is 10.8 Å². The Morgan fingerprint density at radius 3 is 2.50 bits per heavy atom. The zero-order valence-electron chi connectivity index (χ0n) is 7.32. The van der Waals surface area contributed by atoms with Crippen LogP contribution in [0.2, 0.25) is 0 Å². The van der Waals surface area contributed by atoms with Crippen molar-refractivity contribution >= 4 is 10.8 Å². The van der Waals surface area contributed by atoms with Gasteiger partial charge in [-0.2, -0.15) is 0 Å². The topological polar surface area (TPSA) is 17.1 Å². The third-order valence-electron chi connectivity index (χ3n) is 1.78. The molecule has 12 heavy (non-hydrogen) atoms. The highest BCUT2D eigenvalue weighted by Crippen LogP contribution is 2.00. The summed E-state index contributed by atoms with van der Waals surface area (Å²) in [5.74, 6) is 1.56. The summed E-state index contributed by atoms with van der Waals surface area (Å²) in [6.45, 7) is 1.96. The van der Waals surface area contributed by atoms with Gasteiger partial charge in [-0.25, -0.2) is 0 Å². The first kappa shape index (κ1) is 9.46. The Balaban J connectivity index is 2.38. The van der Waals surface area contributed by atoms with E-state index in [9.17, 15) is 4.21 Å². The first-order valence-electron chi connectivity index (χ1n) is 4.22. The number of hydrogen-bond acceptors (Lipinski definition) is 1. The molecule has 1 aromatic carbocycles. The van der Waals surface area contributed by atoms with Gasteiger partial charge in [0, 0.05) is 22.3 Å². The Hall–Kier alpha value is -0.630. The predicted octanol–water partition coefficient (Wildman–Crippen LogP) is 2.00. The van der Waals surface area contributed by atoms with Crippen LogP contribution in [-0.4, -0.2) is 15.7 Å². The van der Waals surface area contributed by atoms with Gasteiger partial charge in [0.2, 0.25) is 0 Å². The van der Waals surface area contributed by atoms with Crippen molar-refractivity contribution in [2.24, 2.45) is 0 Å². The summed E-state index contributed by atoms with van der Waals surface area (Å²) in [5.41, 5.74) is 1.28. The summed E-state index contributed by atoms with van der Waals surface area (Å²) in [7, 11) is -0.627. The molecule has 0 fully saturated rings. The first-order valence-corrected chi connectivity index (χ1v) is 5.70. The normalized spacial score (nSPS) is 12.8. The van der Waals surface area contributed by atoms with E-state index in [-0.39, 0.29) is 0 Å². The van der Waals surface area contributed by atoms with Gasteiger partial charge in [-0.3, -0.25) is 4.21 Å². The monoisotopic (exact) mass is 182 g/mol. The summed E-state index contributed by atoms with van der Waals surface area (Å²) < 4.78 is 11.1. The second-order valence-electron chi connectivity index (χ2n) is 2.67. The lowest BCUT2D eigenvalue weighted by atomic mass is 10.2. The Bertz CT molecular complexity index is 243. The minimum atomic E-state index is -0.627. The third kappa shape index (κ3) is 3.18. The zero-order valence-corrected chi connectivity index (χ0v) is 8.14. The van der Waals surface area contributed by atoms with Gasteiger partial charge in [0.05, 0.1) is 0 Å². The Kier molecular flexibility index (Phi) is 4.01. The van der Waals surface area contributed by atoms with Gasteiger partial charge in [0.25, 0.3) is 0 Å². The SMILES string of the molecule is CCS(=O)CCc1ccccc1. The van der Waals surface area contributed by atoms with Gasteiger partial charge >= 0.3 is 0 Å². The molecule has 0 aromatic heterocycles. The van der Waals surface area contributed by atoms with Crippen LogP contribution in [0.3, 0.4) is 0 Å². The van der Waals surface area contributed by atoms with E-state index >= 15 is 0 Å². The first-order chi connectivity index (χ1) is 5.83. The molecule has 0 saturated heterocycles. The molecule has 0 N–H and O–H groups in total. The minimum Gasteiger partial charge on any atom is -0.260 e. The summed E-state index contributed by atoms with van der Waals surface area (Å²) in [5, 5.41) is 0. The number of rotatable bonds is 4. The molecule has 1 unspecified atom stereocenters. The average molecular weight is 182 g/mol. The fraction of sp³-hybridized carbons (Fsp3) is 0.400. The fourth-order valence-corrected chi connectivity index (χ4v) is 1.77.